The van der Waals surface area contributed by atoms with Gasteiger partial charge in [0, 0.05) is 31.6 Å². The first-order valence-electron chi connectivity index (χ1n) is 7.73. The predicted molar refractivity (Wildman–Crippen MR) is 88.4 cm³/mol. The average molecular weight is 384 g/mol. The van der Waals surface area contributed by atoms with Crippen molar-refractivity contribution in [3.8, 4) is 0 Å². The van der Waals surface area contributed by atoms with Crippen LogP contribution in [0, 0.1) is 5.82 Å². The van der Waals surface area contributed by atoms with Gasteiger partial charge >= 0.3 is 0 Å². The summed E-state index contributed by atoms with van der Waals surface area (Å²) in [5, 5.41) is 6.69. The fourth-order valence-corrected chi connectivity index (χ4v) is 3.30. The van der Waals surface area contributed by atoms with Crippen molar-refractivity contribution in [3.63, 3.8) is 0 Å². The number of hydrogen-bond donors (Lipinski definition) is 2. The van der Waals surface area contributed by atoms with Gasteiger partial charge in [0.05, 0.1) is 11.9 Å². The van der Waals surface area contributed by atoms with Gasteiger partial charge < -0.3 is 14.6 Å². The number of nitrogens with zero attached hydrogens (tertiary/aromatic N) is 2. The molecule has 2 aromatic rings. The molecule has 1 saturated heterocycles. The van der Waals surface area contributed by atoms with E-state index in [0.29, 0.717) is 31.9 Å². The molecular weight excluding hydrogens is 367 g/mol. The second-order valence-electron chi connectivity index (χ2n) is 5.97. The molecule has 9 nitrogen and oxygen atoms in total. The van der Waals surface area contributed by atoms with E-state index in [1.165, 1.54) is 12.5 Å². The van der Waals surface area contributed by atoms with Crippen LogP contribution in [-0.4, -0.2) is 43.9 Å². The molecular formula is C15H17FN4O5S. The highest BCUT2D eigenvalue weighted by atomic mass is 32.2. The molecule has 0 radical (unpaired) electrons. The summed E-state index contributed by atoms with van der Waals surface area (Å²) in [6, 6.07) is 3.42. The van der Waals surface area contributed by atoms with Crippen LogP contribution >= 0.6 is 0 Å². The number of carbonyl (C=O) groups is 1. The largest absolute Gasteiger partial charge is 0.381 e. The van der Waals surface area contributed by atoms with Gasteiger partial charge in [0.25, 0.3) is 5.91 Å². The number of benzene rings is 1. The second-order valence-corrected chi connectivity index (χ2v) is 7.72. The van der Waals surface area contributed by atoms with Gasteiger partial charge in [-0.2, -0.15) is 4.98 Å². The third-order valence-electron chi connectivity index (χ3n) is 4.01. The van der Waals surface area contributed by atoms with E-state index in [9.17, 15) is 17.6 Å². The molecule has 1 fully saturated rings. The van der Waals surface area contributed by atoms with E-state index in [2.05, 4.69) is 15.5 Å². The van der Waals surface area contributed by atoms with Crippen LogP contribution in [-0.2, 0) is 20.3 Å². The van der Waals surface area contributed by atoms with Gasteiger partial charge in [-0.05, 0) is 18.2 Å². The van der Waals surface area contributed by atoms with Crippen molar-refractivity contribution in [3.05, 3.63) is 41.8 Å². The average Bonchev–Trinajstić information content (AvgIpc) is 3.11. The van der Waals surface area contributed by atoms with Crippen molar-refractivity contribution in [2.75, 3.05) is 24.2 Å². The van der Waals surface area contributed by atoms with Gasteiger partial charge in [0.2, 0.25) is 16.4 Å². The van der Waals surface area contributed by atoms with Crippen LogP contribution in [0.25, 0.3) is 0 Å². The topological polar surface area (TPSA) is 123 Å². The number of aromatic nitrogens is 2. The highest BCUT2D eigenvalue weighted by molar-refractivity contribution is 7.92. The Bertz CT molecular complexity index is 895. The third-order valence-corrected chi connectivity index (χ3v) is 4.60. The van der Waals surface area contributed by atoms with Crippen LogP contribution in [0.1, 0.15) is 29.0 Å². The van der Waals surface area contributed by atoms with Crippen LogP contribution < -0.4 is 10.0 Å². The van der Waals surface area contributed by atoms with Gasteiger partial charge in [0.1, 0.15) is 11.4 Å². The first-order valence-corrected chi connectivity index (χ1v) is 9.63. The summed E-state index contributed by atoms with van der Waals surface area (Å²) in [4.78, 5) is 16.7. The Balaban J connectivity index is 1.88. The van der Waals surface area contributed by atoms with E-state index in [1.807, 2.05) is 4.72 Å². The second kappa shape index (κ2) is 7.00. The molecule has 3 rings (SSSR count). The van der Waals surface area contributed by atoms with Crippen molar-refractivity contribution in [2.45, 2.75) is 18.4 Å². The molecule has 0 aliphatic carbocycles. The third kappa shape index (κ3) is 3.99. The number of hydrogen-bond acceptors (Lipinski definition) is 7. The van der Waals surface area contributed by atoms with Crippen LogP contribution in [0.4, 0.5) is 10.1 Å². The standard InChI is InChI=1S/C15H17FN4O5S/c1-26(22,23)20-12-8-10(2-3-11(12)16)13(21)18-15(4-6-24-7-5-15)14-17-9-25-19-14/h2-3,8-9,20H,4-7H2,1H3,(H,18,21). The minimum Gasteiger partial charge on any atom is -0.381 e. The lowest BCUT2D eigenvalue weighted by Gasteiger charge is -2.35. The summed E-state index contributed by atoms with van der Waals surface area (Å²) >= 11 is 0. The normalized spacial score (nSPS) is 16.8. The molecule has 11 heteroatoms. The van der Waals surface area contributed by atoms with Crippen LogP contribution in [0.15, 0.2) is 29.1 Å². The maximum atomic E-state index is 13.8. The van der Waals surface area contributed by atoms with Gasteiger partial charge in [-0.15, -0.1) is 0 Å². The molecule has 1 aromatic carbocycles. The Morgan fingerprint density at radius 1 is 1.31 bits per heavy atom. The molecule has 26 heavy (non-hydrogen) atoms. The first kappa shape index (κ1) is 18.3. The number of anilines is 1. The maximum Gasteiger partial charge on any atom is 0.252 e. The van der Waals surface area contributed by atoms with Crippen molar-refractivity contribution in [1.82, 2.24) is 15.5 Å². The lowest BCUT2D eigenvalue weighted by molar-refractivity contribution is 0.0306. The van der Waals surface area contributed by atoms with Crippen LogP contribution in [0.3, 0.4) is 0 Å². The lowest BCUT2D eigenvalue weighted by Crippen LogP contribution is -2.50. The van der Waals surface area contributed by atoms with E-state index in [-0.39, 0.29) is 11.3 Å². The van der Waals surface area contributed by atoms with E-state index in [0.717, 1.165) is 18.4 Å². The van der Waals surface area contributed by atoms with Crippen molar-refractivity contribution in [2.24, 2.45) is 0 Å². The molecule has 1 aliphatic heterocycles. The summed E-state index contributed by atoms with van der Waals surface area (Å²) in [5.41, 5.74) is -1.09. The zero-order chi connectivity index (χ0) is 18.8. The minimum absolute atomic E-state index is 0.0897. The predicted octanol–water partition coefficient (Wildman–Crippen LogP) is 1.02. The Kier molecular flexibility index (Phi) is 4.92. The van der Waals surface area contributed by atoms with E-state index >= 15 is 0 Å². The molecule has 2 heterocycles. The van der Waals surface area contributed by atoms with Gasteiger partial charge in [-0.3, -0.25) is 9.52 Å². The summed E-state index contributed by atoms with van der Waals surface area (Å²) in [6.45, 7) is 0.804. The molecule has 1 aliphatic rings. The van der Waals surface area contributed by atoms with E-state index in [4.69, 9.17) is 9.26 Å². The highest BCUT2D eigenvalue weighted by Crippen LogP contribution is 2.30. The molecule has 0 saturated carbocycles. The summed E-state index contributed by atoms with van der Waals surface area (Å²) in [6.07, 6.45) is 2.94. The Morgan fingerprint density at radius 2 is 2.04 bits per heavy atom. The number of rotatable bonds is 5. The smallest absolute Gasteiger partial charge is 0.252 e. The molecule has 0 atom stereocenters. The van der Waals surface area contributed by atoms with E-state index < -0.39 is 27.3 Å². The molecule has 0 bridgehead atoms. The Hall–Kier alpha value is -2.53. The number of halogens is 1. The lowest BCUT2D eigenvalue weighted by atomic mass is 9.88. The van der Waals surface area contributed by atoms with Crippen LogP contribution in [0.2, 0.25) is 0 Å². The number of sulfonamides is 1. The molecule has 1 amide bonds. The molecule has 140 valence electrons. The number of ether oxygens (including phenoxy) is 1. The SMILES string of the molecule is CS(=O)(=O)Nc1cc(C(=O)NC2(c3ncon3)CCOCC2)ccc1F. The molecule has 2 N–H and O–H groups in total. The number of carbonyl (C=O) groups excluding carboxylic acids is 1. The van der Waals surface area contributed by atoms with Gasteiger partial charge in [-0.1, -0.05) is 5.16 Å². The van der Waals surface area contributed by atoms with Crippen LogP contribution in [0.5, 0.6) is 0 Å². The van der Waals surface area contributed by atoms with Crippen molar-refractivity contribution in [1.29, 1.82) is 0 Å². The monoisotopic (exact) mass is 384 g/mol. The Labute approximate surface area is 149 Å². The summed E-state index contributed by atoms with van der Waals surface area (Å²) in [7, 11) is -3.69. The zero-order valence-electron chi connectivity index (χ0n) is 13.9. The first-order chi connectivity index (χ1) is 12.3. The molecule has 1 aromatic heterocycles. The molecule has 0 spiro atoms. The Morgan fingerprint density at radius 3 is 2.65 bits per heavy atom. The fourth-order valence-electron chi connectivity index (χ4n) is 2.74. The molecule has 0 unspecified atom stereocenters. The summed E-state index contributed by atoms with van der Waals surface area (Å²) < 4.78 is 48.7. The summed E-state index contributed by atoms with van der Waals surface area (Å²) in [5.74, 6) is -0.982. The van der Waals surface area contributed by atoms with Gasteiger partial charge in [-0.25, -0.2) is 12.8 Å². The zero-order valence-corrected chi connectivity index (χ0v) is 14.7. The van der Waals surface area contributed by atoms with Crippen molar-refractivity contribution < 1.29 is 26.9 Å². The van der Waals surface area contributed by atoms with Gasteiger partial charge in [0.15, 0.2) is 5.82 Å². The maximum absolute atomic E-state index is 13.8. The van der Waals surface area contributed by atoms with E-state index in [1.54, 1.807) is 0 Å². The minimum atomic E-state index is -3.69. The highest BCUT2D eigenvalue weighted by Gasteiger charge is 2.40. The number of amides is 1. The fraction of sp³-hybridized carbons (Fsp3) is 0.400. The quantitative estimate of drug-likeness (QED) is 0.789. The van der Waals surface area contributed by atoms with Crippen molar-refractivity contribution >= 4 is 21.6 Å². The number of nitrogens with one attached hydrogen (secondary N) is 2.